The molecule has 1 heterocycles. The van der Waals surface area contributed by atoms with Gasteiger partial charge in [0.05, 0.1) is 0 Å². The van der Waals surface area contributed by atoms with Gasteiger partial charge in [0.25, 0.3) is 0 Å². The van der Waals surface area contributed by atoms with Crippen LogP contribution in [0.1, 0.15) is 45.4 Å². The Morgan fingerprint density at radius 1 is 0.875 bits per heavy atom. The number of hydrogen-bond donors (Lipinski definition) is 0. The van der Waals surface area contributed by atoms with E-state index < -0.39 is 0 Å². The molecule has 0 N–H and O–H groups in total. The number of rotatable bonds is 3. The normalized spacial score (nSPS) is 34.6. The Morgan fingerprint density at radius 2 is 1.50 bits per heavy atom. The summed E-state index contributed by atoms with van der Waals surface area (Å²) >= 11 is 0.910. The first kappa shape index (κ1) is 13.8. The second kappa shape index (κ2) is 7.12. The molecule has 1 aliphatic carbocycles. The van der Waals surface area contributed by atoms with Gasteiger partial charge in [0, 0.05) is 0 Å². The second-order valence-electron chi connectivity index (χ2n) is 5.26. The Balaban J connectivity index is 1.66. The van der Waals surface area contributed by atoms with E-state index >= 15 is 0 Å². The van der Waals surface area contributed by atoms with E-state index in [9.17, 15) is 0 Å². The summed E-state index contributed by atoms with van der Waals surface area (Å²) in [6.07, 6.45) is 9.20. The Morgan fingerprint density at radius 3 is 2.06 bits per heavy atom. The average Bonchev–Trinajstić information content (AvgIpc) is 2.33. The SMILES string of the molecule is C[I-]C1CCN([I-]C2CCC(C)CC2)CC1. The van der Waals surface area contributed by atoms with Crippen molar-refractivity contribution < 1.29 is 42.7 Å². The van der Waals surface area contributed by atoms with Gasteiger partial charge >= 0.3 is 123 Å². The first-order chi connectivity index (χ1) is 7.78. The Bertz CT molecular complexity index is 194. The van der Waals surface area contributed by atoms with Crippen LogP contribution >= 0.6 is 0 Å². The molecule has 2 rings (SSSR count). The molecule has 0 unspecified atom stereocenters. The summed E-state index contributed by atoms with van der Waals surface area (Å²) in [5.41, 5.74) is 0. The molecule has 1 nitrogen and oxygen atoms in total. The van der Waals surface area contributed by atoms with E-state index in [1.807, 2.05) is 0 Å². The maximum absolute atomic E-state index is 2.87. The molecular formula is C13H25I2N-2. The van der Waals surface area contributed by atoms with E-state index in [1.165, 1.54) is 38.8 Å². The molecule has 0 spiro atoms. The van der Waals surface area contributed by atoms with E-state index in [0.717, 1.165) is 13.8 Å². The molecule has 2 fully saturated rings. The van der Waals surface area contributed by atoms with E-state index in [-0.39, 0.29) is 0 Å². The van der Waals surface area contributed by atoms with E-state index in [2.05, 4.69) is 15.0 Å². The van der Waals surface area contributed by atoms with Crippen molar-refractivity contribution in [2.75, 3.05) is 18.0 Å². The van der Waals surface area contributed by atoms with Gasteiger partial charge in [0.1, 0.15) is 0 Å². The second-order valence-corrected chi connectivity index (χ2v) is 11.9. The molecule has 1 saturated heterocycles. The van der Waals surface area contributed by atoms with Crippen LogP contribution in [-0.4, -0.2) is 29.0 Å². The van der Waals surface area contributed by atoms with Gasteiger partial charge in [-0.05, 0) is 0 Å². The van der Waals surface area contributed by atoms with E-state index in [4.69, 9.17) is 0 Å². The van der Waals surface area contributed by atoms with Crippen LogP contribution in [0.3, 0.4) is 0 Å². The van der Waals surface area contributed by atoms with Crippen LogP contribution in [0.2, 0.25) is 0 Å². The Kier molecular flexibility index (Phi) is 6.16. The number of piperidine rings is 1. The van der Waals surface area contributed by atoms with Crippen LogP contribution in [0, 0.1) is 5.92 Å². The first-order valence-corrected chi connectivity index (χ1v) is 12.3. The summed E-state index contributed by atoms with van der Waals surface area (Å²) in [6.45, 7) is 5.35. The fourth-order valence-corrected chi connectivity index (χ4v) is 7.95. The zero-order chi connectivity index (χ0) is 11.4. The standard InChI is InChI=1S/C13H25I2N/c1-11-3-5-13(6-4-11)15-16-9-7-12(14-2)8-10-16/h11-13H,3-10H2,1-2H3/q-2. The molecule has 0 bridgehead atoms. The number of alkyl halides is 3. The molecule has 1 aliphatic heterocycles. The number of halogens is 2. The zero-order valence-electron chi connectivity index (χ0n) is 10.6. The molecule has 2 aliphatic rings. The summed E-state index contributed by atoms with van der Waals surface area (Å²) in [6, 6.07) is 0. The summed E-state index contributed by atoms with van der Waals surface area (Å²) in [7, 11) is 0. The van der Waals surface area contributed by atoms with Crippen molar-refractivity contribution in [1.29, 1.82) is 0 Å². The minimum absolute atomic E-state index is 0.384. The fraction of sp³-hybridized carbons (Fsp3) is 1.00. The Labute approximate surface area is 122 Å². The molecule has 3 heteroatoms. The van der Waals surface area contributed by atoms with Gasteiger partial charge in [0.2, 0.25) is 0 Å². The molecule has 0 radical (unpaired) electrons. The van der Waals surface area contributed by atoms with Crippen LogP contribution in [0.15, 0.2) is 0 Å². The zero-order valence-corrected chi connectivity index (χ0v) is 14.9. The van der Waals surface area contributed by atoms with Gasteiger partial charge in [0.15, 0.2) is 0 Å². The van der Waals surface area contributed by atoms with Gasteiger partial charge < -0.3 is 0 Å². The molecular weight excluding hydrogens is 424 g/mol. The molecule has 0 amide bonds. The van der Waals surface area contributed by atoms with Crippen molar-refractivity contribution >= 4 is 0 Å². The molecule has 0 atom stereocenters. The first-order valence-electron chi connectivity index (χ1n) is 6.64. The van der Waals surface area contributed by atoms with Crippen LogP contribution in [-0.2, 0) is 0 Å². The van der Waals surface area contributed by atoms with Crippen molar-refractivity contribution in [1.82, 2.24) is 3.11 Å². The van der Waals surface area contributed by atoms with E-state index in [1.54, 1.807) is 12.8 Å². The third kappa shape index (κ3) is 4.26. The van der Waals surface area contributed by atoms with Crippen LogP contribution < -0.4 is 42.7 Å². The molecule has 0 aromatic carbocycles. The van der Waals surface area contributed by atoms with Crippen molar-refractivity contribution in [3.8, 4) is 0 Å². The number of hydrogen-bond acceptors (Lipinski definition) is 1. The van der Waals surface area contributed by atoms with Crippen LogP contribution in [0.4, 0.5) is 0 Å². The quantitative estimate of drug-likeness (QED) is 0.249. The van der Waals surface area contributed by atoms with Crippen molar-refractivity contribution in [3.05, 3.63) is 0 Å². The summed E-state index contributed by atoms with van der Waals surface area (Å²) in [4.78, 5) is 2.47. The summed E-state index contributed by atoms with van der Waals surface area (Å²) < 4.78 is 5.17. The predicted octanol–water partition coefficient (Wildman–Crippen LogP) is -3.25. The molecule has 16 heavy (non-hydrogen) atoms. The van der Waals surface area contributed by atoms with Gasteiger partial charge in [-0.3, -0.25) is 0 Å². The third-order valence-electron chi connectivity index (χ3n) is 3.90. The summed E-state index contributed by atoms with van der Waals surface area (Å²) in [5.74, 6) is 1.02. The van der Waals surface area contributed by atoms with Gasteiger partial charge in [-0.1, -0.05) is 0 Å². The monoisotopic (exact) mass is 449 g/mol. The van der Waals surface area contributed by atoms with Crippen molar-refractivity contribution in [2.45, 2.75) is 53.3 Å². The number of nitrogens with zero attached hydrogens (tertiary/aromatic N) is 1. The fourth-order valence-electron chi connectivity index (χ4n) is 2.64. The van der Waals surface area contributed by atoms with Crippen molar-refractivity contribution in [2.24, 2.45) is 5.92 Å². The molecule has 0 aromatic rings. The Hall–Kier alpha value is 1.42. The van der Waals surface area contributed by atoms with Crippen LogP contribution in [0.25, 0.3) is 0 Å². The van der Waals surface area contributed by atoms with Gasteiger partial charge in [-0.25, -0.2) is 0 Å². The predicted molar refractivity (Wildman–Crippen MR) is 61.9 cm³/mol. The van der Waals surface area contributed by atoms with E-state index in [0.29, 0.717) is 42.7 Å². The van der Waals surface area contributed by atoms with Crippen molar-refractivity contribution in [3.63, 3.8) is 0 Å². The molecule has 1 saturated carbocycles. The topological polar surface area (TPSA) is 3.24 Å². The molecule has 98 valence electrons. The maximum atomic E-state index is 2.87. The third-order valence-corrected chi connectivity index (χ3v) is 10.7. The summed E-state index contributed by atoms with van der Waals surface area (Å²) in [5, 5.41) is 0. The van der Waals surface area contributed by atoms with Crippen LogP contribution in [0.5, 0.6) is 0 Å². The average molecular weight is 449 g/mol. The van der Waals surface area contributed by atoms with Gasteiger partial charge in [-0.2, -0.15) is 0 Å². The van der Waals surface area contributed by atoms with Gasteiger partial charge in [-0.15, -0.1) is 0 Å². The minimum atomic E-state index is 0.384. The molecule has 0 aromatic heterocycles.